The van der Waals surface area contributed by atoms with Crippen LogP contribution in [0.25, 0.3) is 0 Å². The molecule has 3 rings (SSSR count). The smallest absolute Gasteiger partial charge is 0.0992 e. The van der Waals surface area contributed by atoms with Gasteiger partial charge in [0.2, 0.25) is 0 Å². The van der Waals surface area contributed by atoms with Crippen LogP contribution < -0.4 is 10.2 Å². The minimum atomic E-state index is 0.639. The van der Waals surface area contributed by atoms with Crippen molar-refractivity contribution in [3.8, 4) is 6.07 Å². The summed E-state index contributed by atoms with van der Waals surface area (Å²) in [4.78, 5) is 2.57. The maximum absolute atomic E-state index is 8.95. The Morgan fingerprint density at radius 3 is 2.53 bits per heavy atom. The van der Waals surface area contributed by atoms with Crippen molar-refractivity contribution in [2.24, 2.45) is 0 Å². The molecule has 0 saturated carbocycles. The summed E-state index contributed by atoms with van der Waals surface area (Å²) in [5, 5.41) is 12.4. The van der Waals surface area contributed by atoms with E-state index in [9.17, 15) is 0 Å². The Labute approximate surface area is 122 Å². The van der Waals surface area contributed by atoms with Crippen molar-refractivity contribution in [1.29, 1.82) is 5.26 Å². The van der Waals surface area contributed by atoms with Gasteiger partial charge in [-0.05, 0) is 66.9 Å². The Kier molecular flexibility index (Phi) is 3.51. The van der Waals surface area contributed by atoms with Gasteiger partial charge in [-0.3, -0.25) is 0 Å². The monoisotopic (exact) mass is 319 g/mol. The van der Waals surface area contributed by atoms with Crippen LogP contribution in [-0.2, 0) is 0 Å². The van der Waals surface area contributed by atoms with E-state index in [-0.39, 0.29) is 0 Å². The van der Waals surface area contributed by atoms with Gasteiger partial charge in [-0.25, -0.2) is 0 Å². The molecule has 1 aromatic carbocycles. The second-order valence-corrected chi connectivity index (χ2v) is 6.38. The Morgan fingerprint density at radius 2 is 2.00 bits per heavy atom. The average Bonchev–Trinajstić information content (AvgIpc) is 2.69. The van der Waals surface area contributed by atoms with E-state index in [1.165, 1.54) is 31.4 Å². The predicted molar refractivity (Wildman–Crippen MR) is 80.2 cm³/mol. The normalized spacial score (nSPS) is 29.3. The number of nitrogens with zero attached hydrogens (tertiary/aromatic N) is 2. The van der Waals surface area contributed by atoms with Crippen LogP contribution in [0.2, 0.25) is 0 Å². The van der Waals surface area contributed by atoms with Gasteiger partial charge in [-0.1, -0.05) is 0 Å². The molecule has 2 saturated heterocycles. The van der Waals surface area contributed by atoms with Crippen LogP contribution in [0.3, 0.4) is 0 Å². The van der Waals surface area contributed by atoms with Crippen molar-refractivity contribution in [3.05, 3.63) is 28.2 Å². The maximum Gasteiger partial charge on any atom is 0.0992 e. The first-order valence-corrected chi connectivity index (χ1v) is 7.67. The van der Waals surface area contributed by atoms with E-state index in [1.54, 1.807) is 0 Å². The molecular formula is C15H18BrN3. The molecule has 0 radical (unpaired) electrons. The zero-order valence-electron chi connectivity index (χ0n) is 11.1. The molecule has 2 aliphatic rings. The lowest BCUT2D eigenvalue weighted by Gasteiger charge is -2.41. The quantitative estimate of drug-likeness (QED) is 0.910. The molecule has 1 N–H and O–H groups in total. The first-order valence-electron chi connectivity index (χ1n) is 6.88. The van der Waals surface area contributed by atoms with Crippen LogP contribution in [-0.4, -0.2) is 25.2 Å². The second-order valence-electron chi connectivity index (χ2n) is 5.53. The molecule has 2 aliphatic heterocycles. The molecule has 1 aromatic rings. The Bertz CT molecular complexity index is 509. The van der Waals surface area contributed by atoms with E-state index in [1.807, 2.05) is 12.1 Å². The standard InChI is InChI=1S/C15H18BrN3/c1-18-11-7-12-3-4-13(8-11)19(12)15-5-2-10(9-17)6-14(15)16/h2,5-6,11-13,18H,3-4,7-8H2,1H3. The minimum Gasteiger partial charge on any atom is -0.365 e. The highest BCUT2D eigenvalue weighted by atomic mass is 79.9. The van der Waals surface area contributed by atoms with Crippen molar-refractivity contribution in [1.82, 2.24) is 5.32 Å². The van der Waals surface area contributed by atoms with E-state index >= 15 is 0 Å². The summed E-state index contributed by atoms with van der Waals surface area (Å²) in [6.07, 6.45) is 5.02. The van der Waals surface area contributed by atoms with E-state index in [2.05, 4.69) is 45.3 Å². The third-order valence-electron chi connectivity index (χ3n) is 4.50. The Morgan fingerprint density at radius 1 is 1.32 bits per heavy atom. The lowest BCUT2D eigenvalue weighted by atomic mass is 9.96. The lowest BCUT2D eigenvalue weighted by molar-refractivity contribution is 0.373. The number of rotatable bonds is 2. The average molecular weight is 320 g/mol. The molecule has 2 heterocycles. The molecule has 2 bridgehead atoms. The fourth-order valence-electron chi connectivity index (χ4n) is 3.59. The van der Waals surface area contributed by atoms with Gasteiger partial charge >= 0.3 is 0 Å². The third-order valence-corrected chi connectivity index (χ3v) is 5.13. The molecule has 2 unspecified atom stereocenters. The number of piperidine rings is 1. The van der Waals surface area contributed by atoms with E-state index < -0.39 is 0 Å². The van der Waals surface area contributed by atoms with Gasteiger partial charge in [-0.15, -0.1) is 0 Å². The molecule has 0 aromatic heterocycles. The van der Waals surface area contributed by atoms with Crippen LogP contribution in [0.5, 0.6) is 0 Å². The van der Waals surface area contributed by atoms with Gasteiger partial charge in [0.15, 0.2) is 0 Å². The highest BCUT2D eigenvalue weighted by molar-refractivity contribution is 9.10. The molecule has 100 valence electrons. The second kappa shape index (κ2) is 5.15. The maximum atomic E-state index is 8.95. The zero-order chi connectivity index (χ0) is 13.4. The molecule has 3 nitrogen and oxygen atoms in total. The highest BCUT2D eigenvalue weighted by Gasteiger charge is 2.40. The SMILES string of the molecule is CNC1CC2CCC(C1)N2c1ccc(C#N)cc1Br. The van der Waals surface area contributed by atoms with Gasteiger partial charge in [-0.2, -0.15) is 5.26 Å². The Hall–Kier alpha value is -1.05. The molecule has 19 heavy (non-hydrogen) atoms. The van der Waals surface area contributed by atoms with Crippen LogP contribution >= 0.6 is 15.9 Å². The lowest BCUT2D eigenvalue weighted by Crippen LogP contribution is -2.48. The number of hydrogen-bond donors (Lipinski definition) is 1. The number of benzene rings is 1. The first kappa shape index (κ1) is 13.0. The van der Waals surface area contributed by atoms with E-state index in [4.69, 9.17) is 5.26 Å². The van der Waals surface area contributed by atoms with Crippen molar-refractivity contribution in [2.75, 3.05) is 11.9 Å². The molecule has 0 amide bonds. The van der Waals surface area contributed by atoms with Crippen molar-refractivity contribution >= 4 is 21.6 Å². The largest absolute Gasteiger partial charge is 0.365 e. The van der Waals surface area contributed by atoms with Gasteiger partial charge in [0, 0.05) is 22.6 Å². The fraction of sp³-hybridized carbons (Fsp3) is 0.533. The predicted octanol–water partition coefficient (Wildman–Crippen LogP) is 3.04. The van der Waals surface area contributed by atoms with Gasteiger partial charge in [0.25, 0.3) is 0 Å². The number of nitriles is 1. The highest BCUT2D eigenvalue weighted by Crippen LogP contribution is 2.42. The minimum absolute atomic E-state index is 0.639. The van der Waals surface area contributed by atoms with Crippen LogP contribution in [0.4, 0.5) is 5.69 Å². The molecule has 2 atom stereocenters. The van der Waals surface area contributed by atoms with Crippen LogP contribution in [0.1, 0.15) is 31.2 Å². The summed E-state index contributed by atoms with van der Waals surface area (Å²) in [7, 11) is 2.07. The molecular weight excluding hydrogens is 302 g/mol. The summed E-state index contributed by atoms with van der Waals surface area (Å²) in [6.45, 7) is 0. The first-order chi connectivity index (χ1) is 9.22. The van der Waals surface area contributed by atoms with E-state index in [0.717, 1.165) is 4.47 Å². The fourth-order valence-corrected chi connectivity index (χ4v) is 4.18. The van der Waals surface area contributed by atoms with Crippen molar-refractivity contribution in [2.45, 2.75) is 43.8 Å². The van der Waals surface area contributed by atoms with Gasteiger partial charge < -0.3 is 10.2 Å². The molecule has 0 aliphatic carbocycles. The summed E-state index contributed by atoms with van der Waals surface area (Å²) in [5.74, 6) is 0. The number of hydrogen-bond acceptors (Lipinski definition) is 3. The molecule has 0 spiro atoms. The zero-order valence-corrected chi connectivity index (χ0v) is 12.7. The van der Waals surface area contributed by atoms with Gasteiger partial charge in [0.05, 0.1) is 17.3 Å². The molecule has 4 heteroatoms. The van der Waals surface area contributed by atoms with Crippen LogP contribution in [0, 0.1) is 11.3 Å². The summed E-state index contributed by atoms with van der Waals surface area (Å²) in [5.41, 5.74) is 1.97. The number of halogens is 1. The van der Waals surface area contributed by atoms with Crippen LogP contribution in [0.15, 0.2) is 22.7 Å². The summed E-state index contributed by atoms with van der Waals surface area (Å²) >= 11 is 3.63. The number of fused-ring (bicyclic) bond motifs is 2. The third kappa shape index (κ3) is 2.26. The van der Waals surface area contributed by atoms with Gasteiger partial charge in [0.1, 0.15) is 0 Å². The van der Waals surface area contributed by atoms with E-state index in [0.29, 0.717) is 23.7 Å². The number of nitrogens with one attached hydrogen (secondary N) is 1. The van der Waals surface area contributed by atoms with Crippen molar-refractivity contribution in [3.63, 3.8) is 0 Å². The number of anilines is 1. The molecule has 2 fully saturated rings. The Balaban J connectivity index is 1.90. The van der Waals surface area contributed by atoms with Crippen molar-refractivity contribution < 1.29 is 0 Å². The topological polar surface area (TPSA) is 39.1 Å². The summed E-state index contributed by atoms with van der Waals surface area (Å²) < 4.78 is 1.05. The summed E-state index contributed by atoms with van der Waals surface area (Å²) in [6, 6.07) is 10.1.